The summed E-state index contributed by atoms with van der Waals surface area (Å²) in [5.74, 6) is -4.88. The predicted molar refractivity (Wildman–Crippen MR) is 377 cm³/mol. The van der Waals surface area contributed by atoms with E-state index in [0.717, 1.165) is 32.1 Å². The predicted octanol–water partition coefficient (Wildman–Crippen LogP) is -6.46. The molecule has 624 valence electrons. The standard InChI is InChI=1S/C69H123N9O30/c1-40(82)74-56-59(91)47(86)33-43(85)39-104-66(56)101-30-27-99-25-22-72-65(97)46(77-54(89)16-14-12-10-8-7-9-11-13-15-52(87)73-35-44-34-48(49(36-79)105-44)108-69(4,5)6)18-20-55(90)78-45(64(96)71-23-26-100-29-32-103-68-58(76-42(3)84)63(95)61(93)51(38-81)107-68)17-19-53(88)70-21-24-98-28-31-102-67-57(75-41(2)83)62(94)60(92)50(37-80)106-67/h43-51,56-63,66-68,79-81,85-86,91-95H,7-39H2,1-6H3,(H,70,88)(H,71,96)(H,72,97)(H,73,87)(H,74,82)(H,75,83)(H,76,84)(H,77,89)(H,78,90)/t43?,44-,45?,46?,47?,48-,49+,50?,51?,56?,57?,58?,59?,60?,61?,62?,63?,66?,67?,68?/m1/s1. The van der Waals surface area contributed by atoms with Gasteiger partial charge in [0.2, 0.25) is 53.2 Å². The Hall–Kier alpha value is -5.61. The van der Waals surface area contributed by atoms with Gasteiger partial charge in [0.05, 0.1) is 116 Å². The Balaban J connectivity index is 1.32. The smallest absolute Gasteiger partial charge is 0.242 e. The highest BCUT2D eigenvalue weighted by atomic mass is 16.7. The van der Waals surface area contributed by atoms with E-state index in [1.54, 1.807) is 0 Å². The first-order valence-electron chi connectivity index (χ1n) is 37.4. The van der Waals surface area contributed by atoms with E-state index in [0.29, 0.717) is 38.6 Å². The molecule has 0 aromatic carbocycles. The van der Waals surface area contributed by atoms with Crippen LogP contribution in [0.5, 0.6) is 0 Å². The third-order valence-electron chi connectivity index (χ3n) is 17.8. The van der Waals surface area contributed by atoms with E-state index < -0.39 is 183 Å². The molecule has 0 saturated carbocycles. The molecule has 0 spiro atoms. The molecule has 4 aliphatic rings. The second-order valence-electron chi connectivity index (χ2n) is 28.1. The minimum atomic E-state index is -1.55. The maximum atomic E-state index is 13.9. The lowest BCUT2D eigenvalue weighted by Crippen LogP contribution is -2.64. The Morgan fingerprint density at radius 1 is 0.435 bits per heavy atom. The van der Waals surface area contributed by atoms with Gasteiger partial charge in [-0.25, -0.2) is 0 Å². The molecule has 4 rings (SSSR count). The molecule has 0 bridgehead atoms. The van der Waals surface area contributed by atoms with E-state index in [2.05, 4.69) is 47.9 Å². The first kappa shape index (κ1) is 94.8. The Labute approximate surface area is 629 Å². The Morgan fingerprint density at radius 3 is 1.28 bits per heavy atom. The summed E-state index contributed by atoms with van der Waals surface area (Å²) in [6.45, 7) is 6.77. The number of rotatable bonds is 51. The highest BCUT2D eigenvalue weighted by molar-refractivity contribution is 5.90. The van der Waals surface area contributed by atoms with E-state index in [4.69, 9.17) is 52.1 Å². The van der Waals surface area contributed by atoms with Crippen LogP contribution in [0.2, 0.25) is 0 Å². The minimum absolute atomic E-state index is 0.0226. The summed E-state index contributed by atoms with van der Waals surface area (Å²) < 4.78 is 62.5. The summed E-state index contributed by atoms with van der Waals surface area (Å²) in [6, 6.07) is -6.18. The van der Waals surface area contributed by atoms with Crippen LogP contribution in [0, 0.1) is 0 Å². The molecule has 19 N–H and O–H groups in total. The maximum Gasteiger partial charge on any atom is 0.242 e. The van der Waals surface area contributed by atoms with E-state index in [-0.39, 0.29) is 143 Å². The highest BCUT2D eigenvalue weighted by Gasteiger charge is 2.47. The molecule has 0 aromatic heterocycles. The van der Waals surface area contributed by atoms with Gasteiger partial charge in [0.1, 0.15) is 79.0 Å². The maximum absolute atomic E-state index is 13.9. The van der Waals surface area contributed by atoms with Crippen molar-refractivity contribution < 1.29 is 146 Å². The van der Waals surface area contributed by atoms with E-state index in [1.165, 1.54) is 20.8 Å². The van der Waals surface area contributed by atoms with Crippen LogP contribution >= 0.6 is 0 Å². The fourth-order valence-corrected chi connectivity index (χ4v) is 12.3. The first-order valence-corrected chi connectivity index (χ1v) is 37.4. The number of amides is 9. The molecule has 4 aliphatic heterocycles. The minimum Gasteiger partial charge on any atom is -0.394 e. The van der Waals surface area contributed by atoms with Crippen molar-refractivity contribution in [2.24, 2.45) is 0 Å². The Bertz CT molecular complexity index is 2660. The van der Waals surface area contributed by atoms with Gasteiger partial charge >= 0.3 is 0 Å². The molecule has 0 aromatic rings. The van der Waals surface area contributed by atoms with Crippen LogP contribution in [0.1, 0.15) is 144 Å². The molecular formula is C69H123N9O30. The monoisotopic (exact) mass is 1560 g/mol. The van der Waals surface area contributed by atoms with Crippen molar-refractivity contribution in [2.45, 2.75) is 272 Å². The van der Waals surface area contributed by atoms with E-state index in [1.807, 2.05) is 20.8 Å². The van der Waals surface area contributed by atoms with Crippen LogP contribution < -0.4 is 47.9 Å². The Morgan fingerprint density at radius 2 is 0.833 bits per heavy atom. The van der Waals surface area contributed by atoms with Crippen LogP contribution in [-0.2, 0) is 95.3 Å². The van der Waals surface area contributed by atoms with Gasteiger partial charge in [0.15, 0.2) is 18.9 Å². The quantitative estimate of drug-likeness (QED) is 0.0252. The van der Waals surface area contributed by atoms with Crippen LogP contribution in [0.3, 0.4) is 0 Å². The lowest BCUT2D eigenvalue weighted by molar-refractivity contribution is -0.272. The first-order chi connectivity index (χ1) is 51.4. The molecule has 20 atom stereocenters. The molecule has 4 saturated heterocycles. The SMILES string of the molecule is CC(=O)NC1C(OCCOCCNC(=O)C(CCC(=O)NC(CCC(=O)NCCOCCOC2OC(CO)C(O)C(O)C2NC(C)=O)C(=O)NCCOCCOC2OC(CO)C(O)C(O)C2NC(C)=O)NC(=O)CCCCCCCCCCC(=O)NC[C@H]2C[C@@H](OC(C)(C)C)[C@H](CO)O2)OCC(O)CC(O)C1O. The zero-order chi connectivity index (χ0) is 79.7. The van der Waals surface area contributed by atoms with Gasteiger partial charge in [-0.05, 0) is 46.5 Å². The van der Waals surface area contributed by atoms with Crippen LogP contribution in [0.25, 0.3) is 0 Å². The van der Waals surface area contributed by atoms with Crippen LogP contribution in [-0.4, -0.2) is 344 Å². The molecular weight excluding hydrogens is 1430 g/mol. The third-order valence-corrected chi connectivity index (χ3v) is 17.8. The molecule has 17 unspecified atom stereocenters. The van der Waals surface area contributed by atoms with Crippen molar-refractivity contribution in [3.05, 3.63) is 0 Å². The lowest BCUT2D eigenvalue weighted by atomic mass is 9.97. The van der Waals surface area contributed by atoms with Crippen LogP contribution in [0.15, 0.2) is 0 Å². The molecule has 4 fully saturated rings. The van der Waals surface area contributed by atoms with Crippen molar-refractivity contribution in [3.8, 4) is 0 Å². The van der Waals surface area contributed by atoms with Gasteiger partial charge in [0.25, 0.3) is 0 Å². The van der Waals surface area contributed by atoms with Crippen molar-refractivity contribution in [2.75, 3.05) is 112 Å². The summed E-state index contributed by atoms with van der Waals surface area (Å²) in [4.78, 5) is 116. The lowest BCUT2D eigenvalue weighted by Gasteiger charge is -2.42. The molecule has 39 nitrogen and oxygen atoms in total. The molecule has 108 heavy (non-hydrogen) atoms. The average molecular weight is 1560 g/mol. The number of hydrogen-bond donors (Lipinski definition) is 19. The van der Waals surface area contributed by atoms with Crippen molar-refractivity contribution in [1.82, 2.24) is 47.9 Å². The molecule has 0 radical (unpaired) electrons. The summed E-state index contributed by atoms with van der Waals surface area (Å²) in [5.41, 5.74) is -0.404. The summed E-state index contributed by atoms with van der Waals surface area (Å²) in [6.07, 6.45) is -11.6. The third kappa shape index (κ3) is 36.7. The Kier molecular flexibility index (Phi) is 45.5. The van der Waals surface area contributed by atoms with E-state index >= 15 is 0 Å². The molecule has 39 heteroatoms. The number of unbranched alkanes of at least 4 members (excludes halogenated alkanes) is 7. The number of aliphatic hydroxyl groups is 10. The van der Waals surface area contributed by atoms with Gasteiger partial charge in [0, 0.05) is 85.5 Å². The summed E-state index contributed by atoms with van der Waals surface area (Å²) >= 11 is 0. The normalized spacial score (nSPS) is 27.9. The largest absolute Gasteiger partial charge is 0.394 e. The van der Waals surface area contributed by atoms with Crippen molar-refractivity contribution >= 4 is 53.2 Å². The van der Waals surface area contributed by atoms with Crippen LogP contribution in [0.4, 0.5) is 0 Å². The zero-order valence-corrected chi connectivity index (χ0v) is 63.0. The number of aliphatic hydroxyl groups excluding tert-OH is 10. The number of carbonyl (C=O) groups is 9. The fourth-order valence-electron chi connectivity index (χ4n) is 12.3. The topological polar surface area (TPSA) is 566 Å². The van der Waals surface area contributed by atoms with Gasteiger partial charge in [-0.2, -0.15) is 0 Å². The number of hydrogen-bond acceptors (Lipinski definition) is 30. The van der Waals surface area contributed by atoms with Crippen molar-refractivity contribution in [3.63, 3.8) is 0 Å². The zero-order valence-electron chi connectivity index (χ0n) is 63.0. The number of nitrogens with one attached hydrogen (secondary N) is 9. The second kappa shape index (κ2) is 51.8. The molecule has 4 heterocycles. The van der Waals surface area contributed by atoms with Gasteiger partial charge < -0.3 is 151 Å². The van der Waals surface area contributed by atoms with Gasteiger partial charge in [-0.3, -0.25) is 43.2 Å². The molecule has 9 amide bonds. The number of ether oxygens (including phenoxy) is 11. The van der Waals surface area contributed by atoms with E-state index in [9.17, 15) is 94.2 Å². The van der Waals surface area contributed by atoms with Gasteiger partial charge in [-0.1, -0.05) is 38.5 Å². The van der Waals surface area contributed by atoms with Crippen molar-refractivity contribution in [1.29, 1.82) is 0 Å². The summed E-state index contributed by atoms with van der Waals surface area (Å²) in [7, 11) is 0. The van der Waals surface area contributed by atoms with Gasteiger partial charge in [-0.15, -0.1) is 0 Å². The average Bonchev–Trinajstić information content (AvgIpc) is 0.953. The second-order valence-corrected chi connectivity index (χ2v) is 28.1. The molecule has 0 aliphatic carbocycles. The highest BCUT2D eigenvalue weighted by Crippen LogP contribution is 2.28. The number of carbonyl (C=O) groups excluding carboxylic acids is 9. The summed E-state index contributed by atoms with van der Waals surface area (Å²) in [5, 5.41) is 126. The fraction of sp³-hybridized carbons (Fsp3) is 0.870.